The SMILES string of the molecule is CCNC(=NCc1ccc(C(=O)N(C)C)cc1)NC(C)Cc1ccc(C)s1. The zero-order valence-electron chi connectivity index (χ0n) is 16.9. The van der Waals surface area contributed by atoms with Crippen LogP contribution in [0.1, 0.15) is 39.5 Å². The highest BCUT2D eigenvalue weighted by Gasteiger charge is 2.09. The first-order valence-corrected chi connectivity index (χ1v) is 10.1. The third kappa shape index (κ3) is 6.71. The van der Waals surface area contributed by atoms with Gasteiger partial charge < -0.3 is 15.5 Å². The lowest BCUT2D eigenvalue weighted by atomic mass is 10.1. The van der Waals surface area contributed by atoms with E-state index in [1.54, 1.807) is 19.0 Å². The Balaban J connectivity index is 1.96. The van der Waals surface area contributed by atoms with E-state index in [2.05, 4.69) is 48.5 Å². The predicted octanol–water partition coefficient (Wildman–Crippen LogP) is 3.44. The third-order valence-electron chi connectivity index (χ3n) is 4.06. The molecule has 1 aromatic carbocycles. The van der Waals surface area contributed by atoms with Crippen LogP contribution in [-0.4, -0.2) is 43.4 Å². The molecule has 0 spiro atoms. The average Bonchev–Trinajstić information content (AvgIpc) is 3.04. The number of aliphatic imine (C=N–C) groups is 1. The van der Waals surface area contributed by atoms with E-state index in [0.717, 1.165) is 24.5 Å². The molecule has 1 amide bonds. The first kappa shape index (κ1) is 21.0. The van der Waals surface area contributed by atoms with E-state index in [4.69, 9.17) is 0 Å². The monoisotopic (exact) mass is 386 g/mol. The Labute approximate surface area is 166 Å². The van der Waals surface area contributed by atoms with Gasteiger partial charge in [-0.3, -0.25) is 4.79 Å². The molecule has 2 aromatic rings. The summed E-state index contributed by atoms with van der Waals surface area (Å²) in [7, 11) is 3.52. The second-order valence-electron chi connectivity index (χ2n) is 6.85. The molecule has 1 atom stereocenters. The predicted molar refractivity (Wildman–Crippen MR) is 115 cm³/mol. The molecule has 0 aliphatic rings. The van der Waals surface area contributed by atoms with Gasteiger partial charge in [-0.1, -0.05) is 12.1 Å². The van der Waals surface area contributed by atoms with E-state index >= 15 is 0 Å². The molecule has 27 heavy (non-hydrogen) atoms. The molecule has 146 valence electrons. The number of hydrogen-bond donors (Lipinski definition) is 2. The quantitative estimate of drug-likeness (QED) is 0.566. The van der Waals surface area contributed by atoms with E-state index in [-0.39, 0.29) is 5.91 Å². The Morgan fingerprint density at radius 1 is 1.19 bits per heavy atom. The molecule has 0 saturated heterocycles. The largest absolute Gasteiger partial charge is 0.357 e. The summed E-state index contributed by atoms with van der Waals surface area (Å²) in [6.07, 6.45) is 0.976. The number of nitrogens with one attached hydrogen (secondary N) is 2. The van der Waals surface area contributed by atoms with E-state index in [1.807, 2.05) is 35.6 Å². The lowest BCUT2D eigenvalue weighted by Gasteiger charge is -2.17. The molecule has 2 rings (SSSR count). The van der Waals surface area contributed by atoms with Gasteiger partial charge in [0.2, 0.25) is 0 Å². The minimum Gasteiger partial charge on any atom is -0.357 e. The Kier molecular flexibility index (Phi) is 7.85. The van der Waals surface area contributed by atoms with Crippen molar-refractivity contribution in [2.45, 2.75) is 39.8 Å². The zero-order valence-corrected chi connectivity index (χ0v) is 17.7. The summed E-state index contributed by atoms with van der Waals surface area (Å²) in [6, 6.07) is 12.3. The first-order chi connectivity index (χ1) is 12.9. The summed E-state index contributed by atoms with van der Waals surface area (Å²) in [6.45, 7) is 7.74. The lowest BCUT2D eigenvalue weighted by molar-refractivity contribution is 0.0827. The lowest BCUT2D eigenvalue weighted by Crippen LogP contribution is -2.43. The smallest absolute Gasteiger partial charge is 0.253 e. The molecule has 1 heterocycles. The van der Waals surface area contributed by atoms with Crippen LogP contribution >= 0.6 is 11.3 Å². The second kappa shape index (κ2) is 10.1. The van der Waals surface area contributed by atoms with Crippen molar-refractivity contribution in [3.8, 4) is 0 Å². The number of hydrogen-bond acceptors (Lipinski definition) is 3. The maximum absolute atomic E-state index is 12.0. The number of guanidine groups is 1. The van der Waals surface area contributed by atoms with E-state index in [0.29, 0.717) is 18.2 Å². The number of carbonyl (C=O) groups excluding carboxylic acids is 1. The van der Waals surface area contributed by atoms with E-state index in [1.165, 1.54) is 9.75 Å². The molecule has 6 heteroatoms. The normalized spacial score (nSPS) is 12.6. The second-order valence-corrected chi connectivity index (χ2v) is 8.23. The highest BCUT2D eigenvalue weighted by molar-refractivity contribution is 7.11. The summed E-state index contributed by atoms with van der Waals surface area (Å²) in [5.74, 6) is 0.824. The van der Waals surface area contributed by atoms with Crippen LogP contribution in [0.2, 0.25) is 0 Å². The average molecular weight is 387 g/mol. The van der Waals surface area contributed by atoms with Gasteiger partial charge >= 0.3 is 0 Å². The number of aryl methyl sites for hydroxylation is 1. The van der Waals surface area contributed by atoms with Gasteiger partial charge in [0.25, 0.3) is 5.91 Å². The maximum Gasteiger partial charge on any atom is 0.253 e. The Bertz CT molecular complexity index is 765. The van der Waals surface area contributed by atoms with Crippen LogP contribution in [-0.2, 0) is 13.0 Å². The van der Waals surface area contributed by atoms with Crippen molar-refractivity contribution in [3.05, 3.63) is 57.3 Å². The van der Waals surface area contributed by atoms with Crippen LogP contribution < -0.4 is 10.6 Å². The Morgan fingerprint density at radius 2 is 1.89 bits per heavy atom. The number of carbonyl (C=O) groups is 1. The van der Waals surface area contributed by atoms with Gasteiger partial charge in [0.15, 0.2) is 5.96 Å². The van der Waals surface area contributed by atoms with Gasteiger partial charge in [0.05, 0.1) is 6.54 Å². The van der Waals surface area contributed by atoms with Gasteiger partial charge in [-0.25, -0.2) is 4.99 Å². The third-order valence-corrected chi connectivity index (χ3v) is 5.08. The molecular weight excluding hydrogens is 356 g/mol. The van der Waals surface area contributed by atoms with E-state index in [9.17, 15) is 4.79 Å². The van der Waals surface area contributed by atoms with Crippen molar-refractivity contribution < 1.29 is 4.79 Å². The van der Waals surface area contributed by atoms with Crippen LogP contribution in [0.5, 0.6) is 0 Å². The number of thiophene rings is 1. The molecule has 0 fully saturated rings. The number of amides is 1. The highest BCUT2D eigenvalue weighted by Crippen LogP contribution is 2.16. The van der Waals surface area contributed by atoms with Crippen molar-refractivity contribution in [3.63, 3.8) is 0 Å². The van der Waals surface area contributed by atoms with Gasteiger partial charge in [0.1, 0.15) is 0 Å². The number of nitrogens with zero attached hydrogens (tertiary/aromatic N) is 2. The summed E-state index contributed by atoms with van der Waals surface area (Å²) in [5.41, 5.74) is 1.77. The summed E-state index contributed by atoms with van der Waals surface area (Å²) in [4.78, 5) is 20.9. The molecule has 0 aliphatic heterocycles. The van der Waals surface area contributed by atoms with Crippen LogP contribution in [0.3, 0.4) is 0 Å². The molecule has 1 unspecified atom stereocenters. The molecular formula is C21H30N4OS. The maximum atomic E-state index is 12.0. The van der Waals surface area contributed by atoms with Gasteiger partial charge in [-0.2, -0.15) is 0 Å². The fourth-order valence-corrected chi connectivity index (χ4v) is 3.70. The molecule has 0 bridgehead atoms. The van der Waals surface area contributed by atoms with Crippen molar-refractivity contribution in [1.29, 1.82) is 0 Å². The fourth-order valence-electron chi connectivity index (χ4n) is 2.68. The van der Waals surface area contributed by atoms with Crippen molar-refractivity contribution in [2.24, 2.45) is 4.99 Å². The number of rotatable bonds is 7. The van der Waals surface area contributed by atoms with Gasteiger partial charge in [-0.15, -0.1) is 11.3 Å². The van der Waals surface area contributed by atoms with Crippen LogP contribution in [0.25, 0.3) is 0 Å². The molecule has 2 N–H and O–H groups in total. The van der Waals surface area contributed by atoms with Gasteiger partial charge in [-0.05, 0) is 50.6 Å². The summed E-state index contributed by atoms with van der Waals surface area (Å²) >= 11 is 1.84. The van der Waals surface area contributed by atoms with Crippen molar-refractivity contribution in [2.75, 3.05) is 20.6 Å². The van der Waals surface area contributed by atoms with Crippen molar-refractivity contribution >= 4 is 23.2 Å². The molecule has 0 aliphatic carbocycles. The highest BCUT2D eigenvalue weighted by atomic mass is 32.1. The molecule has 1 aromatic heterocycles. The van der Waals surface area contributed by atoms with Crippen LogP contribution in [0, 0.1) is 6.92 Å². The Morgan fingerprint density at radius 3 is 2.44 bits per heavy atom. The summed E-state index contributed by atoms with van der Waals surface area (Å²) < 4.78 is 0. The standard InChI is InChI=1S/C21H30N4OS/c1-6-22-21(24-15(2)13-19-12-7-16(3)27-19)23-14-17-8-10-18(11-9-17)20(26)25(4)5/h7-12,15H,6,13-14H2,1-5H3,(H2,22,23,24). The van der Waals surface area contributed by atoms with Crippen molar-refractivity contribution in [1.82, 2.24) is 15.5 Å². The van der Waals surface area contributed by atoms with E-state index < -0.39 is 0 Å². The fraction of sp³-hybridized carbons (Fsp3) is 0.429. The van der Waals surface area contributed by atoms with Gasteiger partial charge in [0, 0.05) is 48.4 Å². The minimum absolute atomic E-state index is 0.0118. The molecule has 0 radical (unpaired) electrons. The van der Waals surface area contributed by atoms with Crippen LogP contribution in [0.4, 0.5) is 0 Å². The first-order valence-electron chi connectivity index (χ1n) is 9.29. The zero-order chi connectivity index (χ0) is 19.8. The number of benzene rings is 1. The topological polar surface area (TPSA) is 56.7 Å². The van der Waals surface area contributed by atoms with Crippen LogP contribution in [0.15, 0.2) is 41.4 Å². The Hall–Kier alpha value is -2.34. The minimum atomic E-state index is 0.0118. The molecule has 5 nitrogen and oxygen atoms in total. The summed E-state index contributed by atoms with van der Waals surface area (Å²) in [5, 5.41) is 6.78. The molecule has 0 saturated carbocycles.